The lowest BCUT2D eigenvalue weighted by Gasteiger charge is -2.25. The zero-order valence-corrected chi connectivity index (χ0v) is 20.5. The second-order valence-corrected chi connectivity index (χ2v) is 8.99. The molecule has 2 aromatic heterocycles. The van der Waals surface area contributed by atoms with Crippen molar-refractivity contribution in [2.75, 3.05) is 31.5 Å². The van der Waals surface area contributed by atoms with E-state index in [4.69, 9.17) is 5.73 Å². The van der Waals surface area contributed by atoms with E-state index in [1.54, 1.807) is 17.0 Å². The minimum Gasteiger partial charge on any atom is -0.369 e. The first-order valence-electron chi connectivity index (χ1n) is 12.4. The Kier molecular flexibility index (Phi) is 8.78. The normalized spacial score (nSPS) is 15.1. The van der Waals surface area contributed by atoms with Gasteiger partial charge >= 0.3 is 0 Å². The molecule has 196 valence electrons. The van der Waals surface area contributed by atoms with Gasteiger partial charge in [-0.05, 0) is 56.0 Å². The first-order valence-corrected chi connectivity index (χ1v) is 12.4. The van der Waals surface area contributed by atoms with Crippen molar-refractivity contribution >= 4 is 17.6 Å². The van der Waals surface area contributed by atoms with Gasteiger partial charge in [0.2, 0.25) is 5.91 Å². The van der Waals surface area contributed by atoms with Gasteiger partial charge in [-0.1, -0.05) is 12.1 Å². The average molecular weight is 512 g/mol. The minimum absolute atomic E-state index is 0.0269. The molecule has 0 unspecified atom stereocenters. The average Bonchev–Trinajstić information content (AvgIpc) is 3.59. The van der Waals surface area contributed by atoms with Gasteiger partial charge in [-0.2, -0.15) is 5.10 Å². The number of hydrogen-bond donors (Lipinski definition) is 4. The monoisotopic (exact) mass is 511 g/mol. The van der Waals surface area contributed by atoms with Gasteiger partial charge < -0.3 is 21.3 Å². The molecule has 1 aromatic carbocycles. The molecule has 0 radical (unpaired) electrons. The smallest absolute Gasteiger partial charge is 0.255 e. The van der Waals surface area contributed by atoms with Crippen LogP contribution in [0.25, 0.3) is 11.3 Å². The van der Waals surface area contributed by atoms with Crippen LogP contribution < -0.4 is 16.4 Å². The predicted molar refractivity (Wildman–Crippen MR) is 136 cm³/mol. The molecular formula is C26H31F2N7O2. The van der Waals surface area contributed by atoms with Crippen LogP contribution in [0.3, 0.4) is 0 Å². The summed E-state index contributed by atoms with van der Waals surface area (Å²) in [4.78, 5) is 31.8. The summed E-state index contributed by atoms with van der Waals surface area (Å²) in [7, 11) is 0. The molecule has 0 aliphatic carbocycles. The third-order valence-corrected chi connectivity index (χ3v) is 6.38. The summed E-state index contributed by atoms with van der Waals surface area (Å²) in [6.45, 7) is 1.69. The minimum atomic E-state index is -0.665. The van der Waals surface area contributed by atoms with Crippen molar-refractivity contribution in [2.24, 2.45) is 5.73 Å². The molecule has 1 saturated heterocycles. The second kappa shape index (κ2) is 12.4. The van der Waals surface area contributed by atoms with E-state index in [9.17, 15) is 18.4 Å². The summed E-state index contributed by atoms with van der Waals surface area (Å²) < 4.78 is 28.5. The van der Waals surface area contributed by atoms with Crippen molar-refractivity contribution in [3.05, 3.63) is 65.5 Å². The molecule has 1 aliphatic rings. The first kappa shape index (κ1) is 26.2. The van der Waals surface area contributed by atoms with Crippen LogP contribution in [-0.4, -0.2) is 64.1 Å². The molecule has 1 fully saturated rings. The lowest BCUT2D eigenvalue weighted by Crippen LogP contribution is -2.43. The summed E-state index contributed by atoms with van der Waals surface area (Å²) in [5.74, 6) is -1.27. The number of rotatable bonds is 11. The van der Waals surface area contributed by atoms with E-state index in [-0.39, 0.29) is 41.4 Å². The van der Waals surface area contributed by atoms with Crippen LogP contribution >= 0.6 is 0 Å². The van der Waals surface area contributed by atoms with E-state index >= 15 is 0 Å². The molecule has 0 bridgehead atoms. The number of aromatic nitrogens is 3. The zero-order chi connectivity index (χ0) is 26.2. The molecule has 9 nitrogen and oxygen atoms in total. The summed E-state index contributed by atoms with van der Waals surface area (Å²) >= 11 is 0. The topological polar surface area (TPSA) is 129 Å². The first-order chi connectivity index (χ1) is 18.0. The molecule has 4 rings (SSSR count). The van der Waals surface area contributed by atoms with Gasteiger partial charge in [-0.3, -0.25) is 14.7 Å². The maximum Gasteiger partial charge on any atom is 0.255 e. The molecule has 1 atom stereocenters. The Labute approximate surface area is 213 Å². The molecule has 2 amide bonds. The fraction of sp³-hybridized carbons (Fsp3) is 0.385. The highest BCUT2D eigenvalue weighted by atomic mass is 19.1. The highest BCUT2D eigenvalue weighted by Gasteiger charge is 2.29. The molecule has 0 saturated carbocycles. The van der Waals surface area contributed by atoms with Gasteiger partial charge in [0.15, 0.2) is 5.82 Å². The SMILES string of the molecule is NCCCC(=O)N1CCC[C@@H]1CNC(=O)c1cc(F)c(-c2cn[nH]c2)nc1NCCc1cccc(F)c1. The van der Waals surface area contributed by atoms with E-state index in [2.05, 4.69) is 25.8 Å². The van der Waals surface area contributed by atoms with Gasteiger partial charge in [-0.25, -0.2) is 13.8 Å². The second-order valence-electron chi connectivity index (χ2n) is 8.99. The largest absolute Gasteiger partial charge is 0.369 e. The molecule has 3 aromatic rings. The van der Waals surface area contributed by atoms with Crippen LogP contribution in [0, 0.1) is 11.6 Å². The zero-order valence-electron chi connectivity index (χ0n) is 20.5. The molecule has 5 N–H and O–H groups in total. The van der Waals surface area contributed by atoms with Gasteiger partial charge in [0.25, 0.3) is 5.91 Å². The fourth-order valence-corrected chi connectivity index (χ4v) is 4.48. The summed E-state index contributed by atoms with van der Waals surface area (Å²) in [5, 5.41) is 12.4. The lowest BCUT2D eigenvalue weighted by molar-refractivity contribution is -0.132. The van der Waals surface area contributed by atoms with Gasteiger partial charge in [0, 0.05) is 43.9 Å². The van der Waals surface area contributed by atoms with Crippen LogP contribution in [0.15, 0.2) is 42.7 Å². The maximum atomic E-state index is 15.0. The Bertz CT molecular complexity index is 1220. The fourth-order valence-electron chi connectivity index (χ4n) is 4.48. The number of carbonyl (C=O) groups excluding carboxylic acids is 2. The summed E-state index contributed by atoms with van der Waals surface area (Å²) in [5.41, 5.74) is 6.83. The van der Waals surface area contributed by atoms with Crippen LogP contribution in [0.1, 0.15) is 41.6 Å². The number of nitrogens with one attached hydrogen (secondary N) is 3. The van der Waals surface area contributed by atoms with Crippen LogP contribution in [0.2, 0.25) is 0 Å². The van der Waals surface area contributed by atoms with Crippen molar-refractivity contribution in [3.8, 4) is 11.3 Å². The number of nitrogens with two attached hydrogens (primary N) is 1. The Morgan fingerprint density at radius 2 is 2.11 bits per heavy atom. The number of benzene rings is 1. The number of pyridine rings is 1. The number of hydrogen-bond acceptors (Lipinski definition) is 6. The van der Waals surface area contributed by atoms with E-state index < -0.39 is 11.7 Å². The number of H-pyrrole nitrogens is 1. The Morgan fingerprint density at radius 1 is 1.24 bits per heavy atom. The van der Waals surface area contributed by atoms with Crippen molar-refractivity contribution in [1.29, 1.82) is 0 Å². The Balaban J connectivity index is 1.48. The third-order valence-electron chi connectivity index (χ3n) is 6.38. The van der Waals surface area contributed by atoms with Crippen LogP contribution in [0.5, 0.6) is 0 Å². The number of likely N-dealkylation sites (tertiary alicyclic amines) is 1. The molecule has 0 spiro atoms. The van der Waals surface area contributed by atoms with Crippen molar-refractivity contribution in [3.63, 3.8) is 0 Å². The lowest BCUT2D eigenvalue weighted by atomic mass is 10.1. The maximum absolute atomic E-state index is 15.0. The molecular weight excluding hydrogens is 480 g/mol. The van der Waals surface area contributed by atoms with Crippen molar-refractivity contribution < 1.29 is 18.4 Å². The van der Waals surface area contributed by atoms with E-state index in [1.807, 2.05) is 0 Å². The van der Waals surface area contributed by atoms with E-state index in [0.717, 1.165) is 24.5 Å². The number of carbonyl (C=O) groups is 2. The highest BCUT2D eigenvalue weighted by molar-refractivity contribution is 5.99. The van der Waals surface area contributed by atoms with Gasteiger partial charge in [-0.15, -0.1) is 0 Å². The third kappa shape index (κ3) is 6.67. The number of anilines is 1. The number of halogens is 2. The van der Waals surface area contributed by atoms with Gasteiger partial charge in [0.05, 0.1) is 11.8 Å². The molecule has 37 heavy (non-hydrogen) atoms. The molecule has 3 heterocycles. The number of amides is 2. The standard InChI is InChI=1S/C26H31F2N7O2/c27-19-5-1-4-17(12-19)8-10-30-25-21(13-22(28)24(34-25)18-14-32-33-15-18)26(37)31-16-20-6-3-11-35(20)23(36)7-2-9-29/h1,4-5,12-15,20H,2-3,6-11,16,29H2,(H,30,34)(H,31,37)(H,32,33)/t20-/m1/s1. The predicted octanol–water partition coefficient (Wildman–Crippen LogP) is 2.86. The van der Waals surface area contributed by atoms with Crippen LogP contribution in [-0.2, 0) is 11.2 Å². The Hall–Kier alpha value is -3.86. The highest BCUT2D eigenvalue weighted by Crippen LogP contribution is 2.25. The van der Waals surface area contributed by atoms with Gasteiger partial charge in [0.1, 0.15) is 17.3 Å². The summed E-state index contributed by atoms with van der Waals surface area (Å²) in [6, 6.07) is 7.26. The molecule has 1 aliphatic heterocycles. The summed E-state index contributed by atoms with van der Waals surface area (Å²) in [6.07, 6.45) is 6.06. The van der Waals surface area contributed by atoms with Crippen molar-refractivity contribution in [2.45, 2.75) is 38.1 Å². The quantitative estimate of drug-likeness (QED) is 0.313. The molecule has 11 heteroatoms. The van der Waals surface area contributed by atoms with E-state index in [0.29, 0.717) is 44.5 Å². The Morgan fingerprint density at radius 3 is 2.86 bits per heavy atom. The van der Waals surface area contributed by atoms with Crippen LogP contribution in [0.4, 0.5) is 14.6 Å². The number of nitrogens with zero attached hydrogens (tertiary/aromatic N) is 3. The van der Waals surface area contributed by atoms with E-state index in [1.165, 1.54) is 24.5 Å². The number of aromatic amines is 1. The van der Waals surface area contributed by atoms with Crippen molar-refractivity contribution in [1.82, 2.24) is 25.4 Å².